The second kappa shape index (κ2) is 10.2. The molecule has 0 unspecified atom stereocenters. The van der Waals surface area contributed by atoms with Crippen LogP contribution in [-0.2, 0) is 11.8 Å². The summed E-state index contributed by atoms with van der Waals surface area (Å²) in [4.78, 5) is 33.6. The molecule has 0 fully saturated rings. The lowest BCUT2D eigenvalue weighted by Gasteiger charge is -2.14. The molecule has 3 rings (SSSR count). The molecule has 1 N–H and O–H groups in total. The highest BCUT2D eigenvalue weighted by molar-refractivity contribution is 5.96. The summed E-state index contributed by atoms with van der Waals surface area (Å²) in [5, 5.41) is 7.32. The Labute approximate surface area is 193 Å². The topological polar surface area (TPSA) is 108 Å². The maximum atomic E-state index is 13.0. The molecule has 1 amide bonds. The molecule has 0 saturated heterocycles. The first kappa shape index (κ1) is 23.9. The highest BCUT2D eigenvalue weighted by atomic mass is 16.6. The number of aromatic nitrogens is 4. The third-order valence-corrected chi connectivity index (χ3v) is 5.13. The van der Waals surface area contributed by atoms with E-state index in [2.05, 4.69) is 46.4 Å². The van der Waals surface area contributed by atoms with Gasteiger partial charge in [0.1, 0.15) is 0 Å². The molecule has 0 aliphatic carbocycles. The van der Waals surface area contributed by atoms with Gasteiger partial charge in [-0.25, -0.2) is 14.6 Å². The Morgan fingerprint density at radius 2 is 1.94 bits per heavy atom. The Kier molecular flexibility index (Phi) is 7.42. The Morgan fingerprint density at radius 3 is 2.61 bits per heavy atom. The van der Waals surface area contributed by atoms with E-state index in [1.54, 1.807) is 18.5 Å². The van der Waals surface area contributed by atoms with Crippen molar-refractivity contribution in [1.29, 1.82) is 0 Å². The quantitative estimate of drug-likeness (QED) is 0.519. The molecule has 174 valence electrons. The van der Waals surface area contributed by atoms with Crippen LogP contribution in [0.5, 0.6) is 11.5 Å². The van der Waals surface area contributed by atoms with E-state index in [-0.39, 0.29) is 23.6 Å². The molecule has 3 aromatic rings. The van der Waals surface area contributed by atoms with E-state index in [0.29, 0.717) is 17.6 Å². The Balaban J connectivity index is 1.85. The van der Waals surface area contributed by atoms with Crippen LogP contribution in [0.15, 0.2) is 36.5 Å². The largest absolute Gasteiger partial charge is 0.493 e. The molecule has 1 aromatic carbocycles. The summed E-state index contributed by atoms with van der Waals surface area (Å²) in [5.74, 6) is 0.738. The van der Waals surface area contributed by atoms with Gasteiger partial charge in [0.15, 0.2) is 23.1 Å². The van der Waals surface area contributed by atoms with Gasteiger partial charge in [0.2, 0.25) is 5.75 Å². The zero-order valence-corrected chi connectivity index (χ0v) is 19.7. The molecule has 1 atom stereocenters. The highest BCUT2D eigenvalue weighted by Crippen LogP contribution is 2.30. The van der Waals surface area contributed by atoms with E-state index >= 15 is 0 Å². The molecule has 0 radical (unpaired) electrons. The minimum atomic E-state index is -0.531. The zero-order chi connectivity index (χ0) is 24.1. The van der Waals surface area contributed by atoms with Gasteiger partial charge >= 0.3 is 5.97 Å². The fraction of sp³-hybridized carbons (Fsp3) is 0.375. The molecule has 33 heavy (non-hydrogen) atoms. The van der Waals surface area contributed by atoms with Crippen molar-refractivity contribution in [2.45, 2.75) is 46.1 Å². The number of esters is 1. The van der Waals surface area contributed by atoms with Gasteiger partial charge in [0.05, 0.1) is 13.2 Å². The zero-order valence-electron chi connectivity index (χ0n) is 19.7. The van der Waals surface area contributed by atoms with E-state index < -0.39 is 17.9 Å². The Hall–Kier alpha value is -3.75. The van der Waals surface area contributed by atoms with Crippen LogP contribution >= 0.6 is 0 Å². The van der Waals surface area contributed by atoms with Crippen LogP contribution < -0.4 is 14.8 Å². The van der Waals surface area contributed by atoms with Gasteiger partial charge in [-0.2, -0.15) is 5.10 Å². The number of rotatable bonds is 8. The summed E-state index contributed by atoms with van der Waals surface area (Å²) < 4.78 is 12.2. The average molecular weight is 452 g/mol. The summed E-state index contributed by atoms with van der Waals surface area (Å²) in [6, 6.07) is 9.16. The van der Waals surface area contributed by atoms with Crippen LogP contribution in [0.1, 0.15) is 68.0 Å². The van der Waals surface area contributed by atoms with E-state index in [0.717, 1.165) is 5.56 Å². The normalized spacial score (nSPS) is 11.8. The second-order valence-electron chi connectivity index (χ2n) is 7.91. The summed E-state index contributed by atoms with van der Waals surface area (Å²) in [5.41, 5.74) is 2.10. The molecule has 0 aliphatic rings. The van der Waals surface area contributed by atoms with Gasteiger partial charge in [-0.05, 0) is 24.5 Å². The van der Waals surface area contributed by atoms with Crippen LogP contribution in [0.25, 0.3) is 11.4 Å². The van der Waals surface area contributed by atoms with Gasteiger partial charge in [-0.3, -0.25) is 9.59 Å². The Bertz CT molecular complexity index is 1160. The summed E-state index contributed by atoms with van der Waals surface area (Å²) in [7, 11) is 3.24. The highest BCUT2D eigenvalue weighted by Gasteiger charge is 2.24. The number of nitrogens with zero attached hydrogens (tertiary/aromatic N) is 4. The fourth-order valence-electron chi connectivity index (χ4n) is 3.24. The number of carbonyl (C=O) groups excluding carboxylic acids is 2. The minimum absolute atomic E-state index is 0.0169. The lowest BCUT2D eigenvalue weighted by Crippen LogP contribution is -2.29. The third-order valence-electron chi connectivity index (χ3n) is 5.13. The van der Waals surface area contributed by atoms with E-state index in [1.165, 1.54) is 24.9 Å². The SMILES string of the molecule is CCC(=O)Oc1c(OC)ccnc1C(=O)N[C@@H](C)c1nc(-c2cccc(C(C)C)c2)n(C)n1. The smallest absolute Gasteiger partial charge is 0.311 e. The number of benzene rings is 1. The predicted molar refractivity (Wildman–Crippen MR) is 123 cm³/mol. The maximum absolute atomic E-state index is 13.0. The monoisotopic (exact) mass is 451 g/mol. The first-order valence-corrected chi connectivity index (χ1v) is 10.8. The van der Waals surface area contributed by atoms with Crippen molar-refractivity contribution >= 4 is 11.9 Å². The second-order valence-corrected chi connectivity index (χ2v) is 7.91. The molecule has 2 aromatic heterocycles. The third kappa shape index (κ3) is 5.36. The number of nitrogens with one attached hydrogen (secondary N) is 1. The summed E-state index contributed by atoms with van der Waals surface area (Å²) in [6.07, 6.45) is 1.56. The van der Waals surface area contributed by atoms with E-state index in [9.17, 15) is 9.59 Å². The molecule has 0 bridgehead atoms. The first-order chi connectivity index (χ1) is 15.7. The van der Waals surface area contributed by atoms with Crippen LogP contribution in [-0.4, -0.2) is 38.7 Å². The van der Waals surface area contributed by atoms with Crippen LogP contribution in [0.4, 0.5) is 0 Å². The fourth-order valence-corrected chi connectivity index (χ4v) is 3.24. The number of hydrogen-bond acceptors (Lipinski definition) is 7. The summed E-state index contributed by atoms with van der Waals surface area (Å²) in [6.45, 7) is 7.71. The van der Waals surface area contributed by atoms with Crippen molar-refractivity contribution < 1.29 is 19.1 Å². The molecule has 0 aliphatic heterocycles. The van der Waals surface area contributed by atoms with Gasteiger partial charge in [0.25, 0.3) is 5.91 Å². The Morgan fingerprint density at radius 1 is 1.18 bits per heavy atom. The number of amides is 1. The van der Waals surface area contributed by atoms with Crippen molar-refractivity contribution in [2.24, 2.45) is 7.05 Å². The van der Waals surface area contributed by atoms with Crippen molar-refractivity contribution in [3.05, 3.63) is 53.6 Å². The van der Waals surface area contributed by atoms with Crippen molar-refractivity contribution in [3.63, 3.8) is 0 Å². The lowest BCUT2D eigenvalue weighted by atomic mass is 10.0. The molecule has 9 heteroatoms. The number of hydrogen-bond donors (Lipinski definition) is 1. The van der Waals surface area contributed by atoms with Gasteiger partial charge in [-0.15, -0.1) is 0 Å². The van der Waals surface area contributed by atoms with Crippen molar-refractivity contribution in [1.82, 2.24) is 25.1 Å². The van der Waals surface area contributed by atoms with E-state index in [4.69, 9.17) is 9.47 Å². The predicted octanol–water partition coefficient (Wildman–Crippen LogP) is 3.82. The van der Waals surface area contributed by atoms with Crippen LogP contribution in [0.2, 0.25) is 0 Å². The number of pyridine rings is 1. The number of methoxy groups -OCH3 is 1. The average Bonchev–Trinajstić information content (AvgIpc) is 3.20. The van der Waals surface area contributed by atoms with Gasteiger partial charge < -0.3 is 14.8 Å². The van der Waals surface area contributed by atoms with Crippen molar-refractivity contribution in [2.75, 3.05) is 7.11 Å². The van der Waals surface area contributed by atoms with Crippen molar-refractivity contribution in [3.8, 4) is 22.9 Å². The minimum Gasteiger partial charge on any atom is -0.493 e. The molecule has 0 saturated carbocycles. The number of aryl methyl sites for hydroxylation is 1. The molecule has 2 heterocycles. The van der Waals surface area contributed by atoms with Crippen LogP contribution in [0, 0.1) is 0 Å². The van der Waals surface area contributed by atoms with E-state index in [1.807, 2.05) is 19.2 Å². The number of carbonyl (C=O) groups is 2. The molecule has 0 spiro atoms. The molecule has 9 nitrogen and oxygen atoms in total. The first-order valence-electron chi connectivity index (χ1n) is 10.8. The van der Waals surface area contributed by atoms with Gasteiger partial charge in [0, 0.05) is 31.3 Å². The standard InChI is InChI=1S/C24H29N5O4/c1-7-19(30)33-21-18(32-6)11-12-25-20(21)24(31)26-15(4)22-27-23(29(5)28-22)17-10-8-9-16(13-17)14(2)3/h8-15H,7H2,1-6H3,(H,26,31)/t15-/m0/s1. The van der Waals surface area contributed by atoms with Gasteiger partial charge in [-0.1, -0.05) is 39.0 Å². The van der Waals surface area contributed by atoms with Crippen LogP contribution in [0.3, 0.4) is 0 Å². The lowest BCUT2D eigenvalue weighted by molar-refractivity contribution is -0.134. The number of ether oxygens (including phenoxy) is 2. The summed E-state index contributed by atoms with van der Waals surface area (Å²) >= 11 is 0. The molecular formula is C24H29N5O4. The maximum Gasteiger partial charge on any atom is 0.311 e. The molecular weight excluding hydrogens is 422 g/mol.